The van der Waals surface area contributed by atoms with Crippen molar-refractivity contribution < 1.29 is 14.4 Å². The summed E-state index contributed by atoms with van der Waals surface area (Å²) in [4.78, 5) is 14.0. The van der Waals surface area contributed by atoms with Crippen molar-refractivity contribution >= 4 is 16.7 Å². The predicted molar refractivity (Wildman–Crippen MR) is 91.9 cm³/mol. The summed E-state index contributed by atoms with van der Waals surface area (Å²) in [6.07, 6.45) is 0. The van der Waals surface area contributed by atoms with Gasteiger partial charge in [0.1, 0.15) is 18.6 Å². The first kappa shape index (κ1) is 16.0. The van der Waals surface area contributed by atoms with Gasteiger partial charge in [-0.3, -0.25) is 4.79 Å². The Kier molecular flexibility index (Phi) is 4.64. The number of benzene rings is 2. The largest absolute Gasteiger partial charge is 0.370 e. The monoisotopic (exact) mass is 313 g/mol. The van der Waals surface area contributed by atoms with Gasteiger partial charge in [-0.15, -0.1) is 0 Å². The molecule has 0 aliphatic carbocycles. The molecule has 2 aromatic carbocycles. The molecule has 0 radical (unpaired) electrons. The van der Waals surface area contributed by atoms with Crippen LogP contribution in [0.15, 0.2) is 42.5 Å². The molecule has 23 heavy (non-hydrogen) atoms. The average molecular weight is 313 g/mol. The molecule has 4 heteroatoms. The highest BCUT2D eigenvalue weighted by atomic mass is 16.5. The zero-order valence-electron chi connectivity index (χ0n) is 13.9. The summed E-state index contributed by atoms with van der Waals surface area (Å²) >= 11 is 0. The van der Waals surface area contributed by atoms with Gasteiger partial charge in [0, 0.05) is 5.56 Å². The van der Waals surface area contributed by atoms with E-state index in [1.807, 2.05) is 36.4 Å². The molecule has 1 saturated heterocycles. The number of carbonyl (C=O) groups excluding carboxylic acids is 1. The van der Waals surface area contributed by atoms with Gasteiger partial charge in [0.15, 0.2) is 0 Å². The van der Waals surface area contributed by atoms with Gasteiger partial charge in [-0.2, -0.15) is 0 Å². The van der Waals surface area contributed by atoms with Crippen molar-refractivity contribution in [1.82, 2.24) is 5.32 Å². The van der Waals surface area contributed by atoms with Crippen LogP contribution in [-0.2, 0) is 4.74 Å². The molecular formula is C19H25N2O2+. The average Bonchev–Trinajstić information content (AvgIpc) is 2.60. The summed E-state index contributed by atoms with van der Waals surface area (Å²) in [7, 11) is 0. The fourth-order valence-corrected chi connectivity index (χ4v) is 3.15. The topological polar surface area (TPSA) is 42.8 Å². The van der Waals surface area contributed by atoms with E-state index < -0.39 is 0 Å². The Balaban J connectivity index is 1.65. The van der Waals surface area contributed by atoms with E-state index in [2.05, 4.69) is 25.2 Å². The van der Waals surface area contributed by atoms with E-state index in [9.17, 15) is 4.79 Å². The van der Waals surface area contributed by atoms with E-state index in [1.54, 1.807) is 0 Å². The molecule has 1 fully saturated rings. The number of amides is 1. The molecule has 1 amide bonds. The number of nitrogens with one attached hydrogen (secondary N) is 2. The summed E-state index contributed by atoms with van der Waals surface area (Å²) in [6, 6.07) is 14.0. The van der Waals surface area contributed by atoms with Crippen molar-refractivity contribution in [2.45, 2.75) is 19.4 Å². The first-order chi connectivity index (χ1) is 11.1. The highest BCUT2D eigenvalue weighted by molar-refractivity contribution is 5.98. The van der Waals surface area contributed by atoms with Crippen molar-refractivity contribution in [3.8, 4) is 0 Å². The van der Waals surface area contributed by atoms with E-state index in [0.29, 0.717) is 6.54 Å². The number of quaternary nitrogens is 1. The summed E-state index contributed by atoms with van der Waals surface area (Å²) in [5.41, 5.74) is 0.729. The number of fused-ring (bicyclic) bond motifs is 1. The molecule has 2 aromatic rings. The Bertz CT molecular complexity index is 691. The molecule has 1 heterocycles. The quantitative estimate of drug-likeness (QED) is 0.892. The molecular weight excluding hydrogens is 288 g/mol. The third-order valence-electron chi connectivity index (χ3n) is 4.76. The van der Waals surface area contributed by atoms with Gasteiger partial charge in [0.2, 0.25) is 0 Å². The zero-order chi connectivity index (χ0) is 16.3. The number of hydrogen-bond donors (Lipinski definition) is 2. The van der Waals surface area contributed by atoms with Crippen LogP contribution in [0.1, 0.15) is 24.2 Å². The van der Waals surface area contributed by atoms with Crippen LogP contribution in [-0.4, -0.2) is 44.3 Å². The number of rotatable bonds is 4. The highest BCUT2D eigenvalue weighted by Crippen LogP contribution is 2.15. The van der Waals surface area contributed by atoms with Gasteiger partial charge < -0.3 is 15.0 Å². The lowest BCUT2D eigenvalue weighted by molar-refractivity contribution is -0.954. The molecule has 122 valence electrons. The summed E-state index contributed by atoms with van der Waals surface area (Å²) in [5, 5.41) is 5.35. The lowest BCUT2D eigenvalue weighted by Gasteiger charge is -2.37. The third kappa shape index (κ3) is 3.71. The molecule has 2 N–H and O–H groups in total. The lowest BCUT2D eigenvalue weighted by atomic mass is 10.0. The number of morpholine rings is 1. The maximum Gasteiger partial charge on any atom is 0.251 e. The number of carbonyl (C=O) groups is 1. The Morgan fingerprint density at radius 2 is 1.83 bits per heavy atom. The van der Waals surface area contributed by atoms with Crippen LogP contribution in [0.5, 0.6) is 0 Å². The van der Waals surface area contributed by atoms with Crippen molar-refractivity contribution in [3.05, 3.63) is 48.0 Å². The van der Waals surface area contributed by atoms with Crippen LogP contribution in [0.4, 0.5) is 0 Å². The molecule has 1 aliphatic heterocycles. The molecule has 0 spiro atoms. The van der Waals surface area contributed by atoms with Gasteiger partial charge in [-0.1, -0.05) is 30.3 Å². The first-order valence-electron chi connectivity index (χ1n) is 8.26. The molecule has 0 saturated carbocycles. The molecule has 0 unspecified atom stereocenters. The van der Waals surface area contributed by atoms with Gasteiger partial charge in [-0.05, 0) is 36.8 Å². The Morgan fingerprint density at radius 3 is 2.57 bits per heavy atom. The van der Waals surface area contributed by atoms with E-state index >= 15 is 0 Å². The maximum atomic E-state index is 12.5. The second-order valence-corrected chi connectivity index (χ2v) is 6.84. The molecule has 0 aromatic heterocycles. The van der Waals surface area contributed by atoms with Crippen molar-refractivity contribution in [3.63, 3.8) is 0 Å². The third-order valence-corrected chi connectivity index (χ3v) is 4.76. The second-order valence-electron chi connectivity index (χ2n) is 6.84. The van der Waals surface area contributed by atoms with Crippen LogP contribution in [0.25, 0.3) is 10.8 Å². The summed E-state index contributed by atoms with van der Waals surface area (Å²) in [6.45, 7) is 8.67. The van der Waals surface area contributed by atoms with Gasteiger partial charge in [-0.25, -0.2) is 0 Å². The second kappa shape index (κ2) is 6.69. The standard InChI is InChI=1S/C19H24N2O2/c1-19(2,21-9-11-23-12-10-21)14-20-18(22)17-8-7-15-5-3-4-6-16(15)13-17/h3-8,13H,9-12,14H2,1-2H3,(H,20,22)/p+1. The van der Waals surface area contributed by atoms with Gasteiger partial charge in [0.25, 0.3) is 5.91 Å². The Hall–Kier alpha value is -1.91. The van der Waals surface area contributed by atoms with Gasteiger partial charge >= 0.3 is 0 Å². The fourth-order valence-electron chi connectivity index (χ4n) is 3.15. The minimum atomic E-state index is -0.00325. The van der Waals surface area contributed by atoms with Crippen LogP contribution >= 0.6 is 0 Å². The highest BCUT2D eigenvalue weighted by Gasteiger charge is 2.32. The van der Waals surface area contributed by atoms with Gasteiger partial charge in [0.05, 0.1) is 19.8 Å². The predicted octanol–water partition coefficient (Wildman–Crippen LogP) is 1.26. The first-order valence-corrected chi connectivity index (χ1v) is 8.26. The zero-order valence-corrected chi connectivity index (χ0v) is 13.9. The van der Waals surface area contributed by atoms with Crippen LogP contribution in [0.3, 0.4) is 0 Å². The number of hydrogen-bond acceptors (Lipinski definition) is 2. The SMILES string of the molecule is CC(C)(CNC(=O)c1ccc2ccccc2c1)[NH+]1CCOCC1. The Labute approximate surface area is 137 Å². The molecule has 4 nitrogen and oxygen atoms in total. The normalized spacial score (nSPS) is 16.4. The molecule has 1 aliphatic rings. The number of ether oxygens (including phenoxy) is 1. The fraction of sp³-hybridized carbons (Fsp3) is 0.421. The van der Waals surface area contributed by atoms with Crippen molar-refractivity contribution in [2.75, 3.05) is 32.8 Å². The van der Waals surface area contributed by atoms with Crippen LogP contribution in [0, 0.1) is 0 Å². The van der Waals surface area contributed by atoms with Crippen LogP contribution < -0.4 is 10.2 Å². The van der Waals surface area contributed by atoms with E-state index in [0.717, 1.165) is 42.6 Å². The smallest absolute Gasteiger partial charge is 0.251 e. The Morgan fingerprint density at radius 1 is 1.13 bits per heavy atom. The minimum Gasteiger partial charge on any atom is -0.370 e. The molecule has 3 rings (SSSR count). The lowest BCUT2D eigenvalue weighted by Crippen LogP contribution is -3.22. The summed E-state index contributed by atoms with van der Waals surface area (Å²) < 4.78 is 5.42. The van der Waals surface area contributed by atoms with E-state index in [1.165, 1.54) is 4.90 Å². The van der Waals surface area contributed by atoms with Crippen LogP contribution in [0.2, 0.25) is 0 Å². The van der Waals surface area contributed by atoms with E-state index in [4.69, 9.17) is 4.74 Å². The summed E-state index contributed by atoms with van der Waals surface area (Å²) in [5.74, 6) is -0.00325. The minimum absolute atomic E-state index is 0.00325. The molecule has 0 bridgehead atoms. The van der Waals surface area contributed by atoms with Crippen molar-refractivity contribution in [1.29, 1.82) is 0 Å². The van der Waals surface area contributed by atoms with Crippen molar-refractivity contribution in [2.24, 2.45) is 0 Å². The molecule has 0 atom stereocenters. The van der Waals surface area contributed by atoms with E-state index in [-0.39, 0.29) is 11.4 Å². The maximum absolute atomic E-state index is 12.5.